The van der Waals surface area contributed by atoms with Crippen LogP contribution >= 0.6 is 0 Å². The first-order chi connectivity index (χ1) is 6.29. The van der Waals surface area contributed by atoms with Crippen molar-refractivity contribution in [3.8, 4) is 0 Å². The van der Waals surface area contributed by atoms with Crippen LogP contribution in [0.2, 0.25) is 0 Å². The normalized spacial score (nSPS) is 24.6. The largest absolute Gasteiger partial charge is 0.392 e. The predicted molar refractivity (Wildman–Crippen MR) is 55.9 cm³/mol. The third kappa shape index (κ3) is 1.92. The molecule has 2 atom stereocenters. The first-order valence-electron chi connectivity index (χ1n) is 5.05. The highest BCUT2D eigenvalue weighted by Crippen LogP contribution is 2.32. The van der Waals surface area contributed by atoms with Gasteiger partial charge in [0.1, 0.15) is 0 Å². The molecule has 0 unspecified atom stereocenters. The summed E-state index contributed by atoms with van der Waals surface area (Å²) in [6.45, 7) is 6.08. The predicted octanol–water partition coefficient (Wildman–Crippen LogP) is 2.73. The van der Waals surface area contributed by atoms with Crippen LogP contribution in [0.25, 0.3) is 0 Å². The van der Waals surface area contributed by atoms with Crippen LogP contribution in [0.1, 0.15) is 37.8 Å². The number of aliphatic hydroxyl groups excluding tert-OH is 1. The molecule has 1 aliphatic rings. The van der Waals surface area contributed by atoms with Crippen LogP contribution in [0, 0.1) is 0 Å². The van der Waals surface area contributed by atoms with Crippen molar-refractivity contribution in [2.75, 3.05) is 0 Å². The van der Waals surface area contributed by atoms with Crippen LogP contribution in [-0.2, 0) is 6.42 Å². The zero-order valence-corrected chi connectivity index (χ0v) is 8.62. The van der Waals surface area contributed by atoms with Crippen molar-refractivity contribution in [1.29, 1.82) is 0 Å². The highest BCUT2D eigenvalue weighted by molar-refractivity contribution is 5.36. The van der Waals surface area contributed by atoms with Gasteiger partial charge in [0, 0.05) is 5.92 Å². The van der Waals surface area contributed by atoms with Gasteiger partial charge in [-0.25, -0.2) is 0 Å². The second-order valence-electron chi connectivity index (χ2n) is 3.26. The maximum Gasteiger partial charge on any atom is 0.0646 e. The third-order valence-electron chi connectivity index (χ3n) is 2.55. The van der Waals surface area contributed by atoms with Crippen LogP contribution in [0.3, 0.4) is 0 Å². The molecule has 0 aliphatic heterocycles. The van der Waals surface area contributed by atoms with Gasteiger partial charge < -0.3 is 5.11 Å². The minimum absolute atomic E-state index is 0.160. The van der Waals surface area contributed by atoms with E-state index in [-0.39, 0.29) is 6.10 Å². The standard InChI is InChI=1S/C10H12O.C2H6/c1-7-9-5-3-2-4-8(9)6-10(7)11;1-2/h2-5,7,10-11H,6H2,1H3;1-2H3/t7-,10+;/m1./s1. The van der Waals surface area contributed by atoms with Gasteiger partial charge in [-0.05, 0) is 17.5 Å². The van der Waals surface area contributed by atoms with Crippen LogP contribution in [0.15, 0.2) is 24.3 Å². The highest BCUT2D eigenvalue weighted by Gasteiger charge is 2.26. The van der Waals surface area contributed by atoms with E-state index in [9.17, 15) is 5.11 Å². The van der Waals surface area contributed by atoms with Crippen molar-refractivity contribution in [2.24, 2.45) is 0 Å². The lowest BCUT2D eigenvalue weighted by atomic mass is 10.0. The Morgan fingerprint density at radius 2 is 1.85 bits per heavy atom. The number of hydrogen-bond acceptors (Lipinski definition) is 1. The highest BCUT2D eigenvalue weighted by atomic mass is 16.3. The molecule has 2 rings (SSSR count). The van der Waals surface area contributed by atoms with Crippen molar-refractivity contribution < 1.29 is 5.11 Å². The van der Waals surface area contributed by atoms with Gasteiger partial charge in [0.2, 0.25) is 0 Å². The monoisotopic (exact) mass is 178 g/mol. The van der Waals surface area contributed by atoms with E-state index in [0.29, 0.717) is 5.92 Å². The molecular formula is C12H18O. The van der Waals surface area contributed by atoms with Crippen LogP contribution in [-0.4, -0.2) is 11.2 Å². The summed E-state index contributed by atoms with van der Waals surface area (Å²) in [4.78, 5) is 0. The molecule has 13 heavy (non-hydrogen) atoms. The van der Waals surface area contributed by atoms with E-state index in [2.05, 4.69) is 19.1 Å². The maximum atomic E-state index is 9.52. The van der Waals surface area contributed by atoms with Crippen molar-refractivity contribution in [2.45, 2.75) is 39.2 Å². The summed E-state index contributed by atoms with van der Waals surface area (Å²) in [6.07, 6.45) is 0.671. The molecule has 0 radical (unpaired) electrons. The topological polar surface area (TPSA) is 20.2 Å². The third-order valence-corrected chi connectivity index (χ3v) is 2.55. The Bertz CT molecular complexity index is 268. The Balaban J connectivity index is 0.000000396. The molecule has 1 aromatic carbocycles. The zero-order valence-electron chi connectivity index (χ0n) is 8.62. The van der Waals surface area contributed by atoms with E-state index in [1.54, 1.807) is 0 Å². The van der Waals surface area contributed by atoms with Gasteiger partial charge in [-0.15, -0.1) is 0 Å². The van der Waals surface area contributed by atoms with Crippen LogP contribution < -0.4 is 0 Å². The van der Waals surface area contributed by atoms with Crippen LogP contribution in [0.5, 0.6) is 0 Å². The molecule has 0 saturated carbocycles. The first-order valence-corrected chi connectivity index (χ1v) is 5.05. The van der Waals surface area contributed by atoms with E-state index < -0.39 is 0 Å². The average molecular weight is 178 g/mol. The SMILES string of the molecule is CC.C[C@@H]1c2ccccc2C[C@@H]1O. The Kier molecular flexibility index (Phi) is 3.49. The van der Waals surface area contributed by atoms with Gasteiger partial charge in [0.25, 0.3) is 0 Å². The van der Waals surface area contributed by atoms with Crippen molar-refractivity contribution in [3.63, 3.8) is 0 Å². The van der Waals surface area contributed by atoms with Gasteiger partial charge >= 0.3 is 0 Å². The molecule has 1 aromatic rings. The van der Waals surface area contributed by atoms with Gasteiger partial charge in [-0.1, -0.05) is 45.0 Å². The maximum absolute atomic E-state index is 9.52. The molecule has 72 valence electrons. The fourth-order valence-corrected chi connectivity index (χ4v) is 1.77. The van der Waals surface area contributed by atoms with E-state index >= 15 is 0 Å². The fraction of sp³-hybridized carbons (Fsp3) is 0.500. The Labute approximate surface area is 80.4 Å². The summed E-state index contributed by atoms with van der Waals surface area (Å²) in [5, 5.41) is 9.52. The number of aliphatic hydroxyl groups is 1. The van der Waals surface area contributed by atoms with E-state index in [0.717, 1.165) is 6.42 Å². The van der Waals surface area contributed by atoms with E-state index in [1.807, 2.05) is 26.0 Å². The summed E-state index contributed by atoms with van der Waals surface area (Å²) in [6, 6.07) is 8.27. The molecule has 0 fully saturated rings. The number of hydrogen-bond donors (Lipinski definition) is 1. The molecule has 0 aromatic heterocycles. The first kappa shape index (κ1) is 10.3. The lowest BCUT2D eigenvalue weighted by Gasteiger charge is -2.07. The molecule has 1 aliphatic carbocycles. The quantitative estimate of drug-likeness (QED) is 0.647. The van der Waals surface area contributed by atoms with Crippen molar-refractivity contribution >= 4 is 0 Å². The van der Waals surface area contributed by atoms with Crippen molar-refractivity contribution in [1.82, 2.24) is 0 Å². The van der Waals surface area contributed by atoms with Gasteiger partial charge in [-0.2, -0.15) is 0 Å². The van der Waals surface area contributed by atoms with Gasteiger partial charge in [0.05, 0.1) is 6.10 Å². The molecule has 1 heteroatoms. The summed E-state index contributed by atoms with van der Waals surface area (Å²) in [5.74, 6) is 0.325. The summed E-state index contributed by atoms with van der Waals surface area (Å²) < 4.78 is 0. The zero-order chi connectivity index (χ0) is 9.84. The molecule has 0 saturated heterocycles. The van der Waals surface area contributed by atoms with Gasteiger partial charge in [-0.3, -0.25) is 0 Å². The molecule has 1 nitrogen and oxygen atoms in total. The van der Waals surface area contributed by atoms with Crippen LogP contribution in [0.4, 0.5) is 0 Å². The average Bonchev–Trinajstić information content (AvgIpc) is 2.47. The van der Waals surface area contributed by atoms with Gasteiger partial charge in [0.15, 0.2) is 0 Å². The molecular weight excluding hydrogens is 160 g/mol. The minimum atomic E-state index is -0.160. The molecule has 0 bridgehead atoms. The number of rotatable bonds is 0. The fourth-order valence-electron chi connectivity index (χ4n) is 1.77. The lowest BCUT2D eigenvalue weighted by Crippen LogP contribution is -2.09. The molecule has 0 spiro atoms. The molecule has 1 N–H and O–H groups in total. The molecule has 0 amide bonds. The molecule has 0 heterocycles. The summed E-state index contributed by atoms with van der Waals surface area (Å²) >= 11 is 0. The van der Waals surface area contributed by atoms with E-state index in [4.69, 9.17) is 0 Å². The summed E-state index contributed by atoms with van der Waals surface area (Å²) in [7, 11) is 0. The Morgan fingerprint density at radius 3 is 2.46 bits per heavy atom. The Morgan fingerprint density at radius 1 is 1.23 bits per heavy atom. The lowest BCUT2D eigenvalue weighted by molar-refractivity contribution is 0.163. The minimum Gasteiger partial charge on any atom is -0.392 e. The second-order valence-corrected chi connectivity index (χ2v) is 3.26. The second kappa shape index (κ2) is 4.43. The van der Waals surface area contributed by atoms with E-state index in [1.165, 1.54) is 11.1 Å². The van der Waals surface area contributed by atoms with Crippen molar-refractivity contribution in [3.05, 3.63) is 35.4 Å². The number of fused-ring (bicyclic) bond motifs is 1. The Hall–Kier alpha value is -0.820. The summed E-state index contributed by atoms with van der Waals surface area (Å²) in [5.41, 5.74) is 2.63. The number of benzene rings is 1. The smallest absolute Gasteiger partial charge is 0.0646 e.